The Hall–Kier alpha value is -3.39. The third kappa shape index (κ3) is 2.75. The SMILES string of the molecule is CCc1nnc(N2C(=O)c3oc4ccc(C)cc4c(=O)c3[C@@H]2c2cccc(F)c2)s1. The van der Waals surface area contributed by atoms with Crippen LogP contribution in [-0.4, -0.2) is 16.1 Å². The summed E-state index contributed by atoms with van der Waals surface area (Å²) >= 11 is 1.27. The monoisotopic (exact) mass is 421 g/mol. The summed E-state index contributed by atoms with van der Waals surface area (Å²) in [6.07, 6.45) is 0.664. The first-order valence-corrected chi connectivity index (χ1v) is 10.3. The molecule has 1 aliphatic rings. The van der Waals surface area contributed by atoms with Crippen LogP contribution in [0.4, 0.5) is 9.52 Å². The van der Waals surface area contributed by atoms with Gasteiger partial charge in [-0.05, 0) is 43.2 Å². The summed E-state index contributed by atoms with van der Waals surface area (Å²) in [4.78, 5) is 28.2. The Morgan fingerprint density at radius 1 is 1.17 bits per heavy atom. The van der Waals surface area contributed by atoms with Gasteiger partial charge in [0.05, 0.1) is 17.0 Å². The minimum Gasteiger partial charge on any atom is -0.450 e. The highest BCUT2D eigenvalue weighted by atomic mass is 32.1. The second kappa shape index (κ2) is 6.84. The molecule has 0 saturated heterocycles. The Labute approximate surface area is 174 Å². The molecule has 5 rings (SSSR count). The molecule has 0 aliphatic carbocycles. The minimum absolute atomic E-state index is 0.0427. The Balaban J connectivity index is 1.82. The first-order valence-electron chi connectivity index (χ1n) is 9.46. The topological polar surface area (TPSA) is 76.3 Å². The highest BCUT2D eigenvalue weighted by Gasteiger charge is 2.45. The molecule has 0 radical (unpaired) electrons. The summed E-state index contributed by atoms with van der Waals surface area (Å²) < 4.78 is 19.9. The van der Waals surface area contributed by atoms with Crippen LogP contribution < -0.4 is 10.3 Å². The van der Waals surface area contributed by atoms with Crippen LogP contribution in [0.5, 0.6) is 0 Å². The number of aromatic nitrogens is 2. The van der Waals surface area contributed by atoms with Crippen LogP contribution in [0.25, 0.3) is 11.0 Å². The zero-order valence-electron chi connectivity index (χ0n) is 16.2. The van der Waals surface area contributed by atoms with Gasteiger partial charge in [-0.15, -0.1) is 10.2 Å². The van der Waals surface area contributed by atoms with Crippen molar-refractivity contribution in [3.63, 3.8) is 0 Å². The average molecular weight is 421 g/mol. The van der Waals surface area contributed by atoms with Gasteiger partial charge in [0.2, 0.25) is 10.9 Å². The van der Waals surface area contributed by atoms with E-state index in [-0.39, 0.29) is 16.8 Å². The second-order valence-corrected chi connectivity index (χ2v) is 8.18. The van der Waals surface area contributed by atoms with Crippen LogP contribution >= 0.6 is 11.3 Å². The first kappa shape index (κ1) is 18.6. The fraction of sp³-hybridized carbons (Fsp3) is 0.182. The number of amides is 1. The lowest BCUT2D eigenvalue weighted by atomic mass is 9.98. The summed E-state index contributed by atoms with van der Waals surface area (Å²) in [6, 6.07) is 10.3. The Morgan fingerprint density at radius 3 is 2.73 bits per heavy atom. The number of aryl methyl sites for hydroxylation is 2. The molecule has 0 fully saturated rings. The van der Waals surface area contributed by atoms with Crippen molar-refractivity contribution >= 4 is 33.3 Å². The maximum Gasteiger partial charge on any atom is 0.297 e. The van der Waals surface area contributed by atoms with Gasteiger partial charge in [0.25, 0.3) is 5.91 Å². The molecular weight excluding hydrogens is 405 g/mol. The molecule has 0 bridgehead atoms. The van der Waals surface area contributed by atoms with Gasteiger partial charge in [-0.1, -0.05) is 42.0 Å². The maximum atomic E-state index is 14.1. The molecule has 2 aromatic carbocycles. The third-order valence-electron chi connectivity index (χ3n) is 5.15. The zero-order valence-corrected chi connectivity index (χ0v) is 17.0. The third-order valence-corrected chi connectivity index (χ3v) is 6.22. The predicted octanol–water partition coefficient (Wildman–Crippen LogP) is 4.40. The molecule has 2 aromatic heterocycles. The number of hydrogen-bond acceptors (Lipinski definition) is 6. The Kier molecular flexibility index (Phi) is 4.25. The Morgan fingerprint density at radius 2 is 2.00 bits per heavy atom. The molecule has 1 atom stereocenters. The van der Waals surface area contributed by atoms with Crippen LogP contribution in [0, 0.1) is 12.7 Å². The lowest BCUT2D eigenvalue weighted by Gasteiger charge is -2.22. The molecule has 0 unspecified atom stereocenters. The van der Waals surface area contributed by atoms with Crippen LogP contribution in [-0.2, 0) is 6.42 Å². The molecule has 0 N–H and O–H groups in total. The van der Waals surface area contributed by atoms with Crippen molar-refractivity contribution in [3.05, 3.63) is 86.0 Å². The standard InChI is InChI=1S/C22H16FN3O3S/c1-3-16-24-25-22(30-16)26-18(12-5-4-6-13(23)10-12)17-19(27)14-9-11(2)7-8-15(14)29-20(17)21(26)28/h4-10,18H,3H2,1-2H3/t18-/m0/s1. The van der Waals surface area contributed by atoms with Gasteiger partial charge in [-0.2, -0.15) is 0 Å². The lowest BCUT2D eigenvalue weighted by molar-refractivity contribution is 0.0970. The second-order valence-electron chi connectivity index (χ2n) is 7.14. The molecule has 1 aliphatic heterocycles. The quantitative estimate of drug-likeness (QED) is 0.490. The summed E-state index contributed by atoms with van der Waals surface area (Å²) in [7, 11) is 0. The largest absolute Gasteiger partial charge is 0.450 e. The van der Waals surface area contributed by atoms with E-state index in [1.807, 2.05) is 19.9 Å². The van der Waals surface area contributed by atoms with Crippen molar-refractivity contribution in [1.82, 2.24) is 10.2 Å². The molecule has 8 heteroatoms. The molecule has 30 heavy (non-hydrogen) atoms. The summed E-state index contributed by atoms with van der Waals surface area (Å²) in [5, 5.41) is 9.74. The van der Waals surface area contributed by atoms with Gasteiger partial charge in [-0.3, -0.25) is 14.5 Å². The predicted molar refractivity (Wildman–Crippen MR) is 112 cm³/mol. The van der Waals surface area contributed by atoms with E-state index in [4.69, 9.17) is 4.42 Å². The number of benzene rings is 2. The fourth-order valence-corrected chi connectivity index (χ4v) is 4.57. The molecule has 1 amide bonds. The van der Waals surface area contributed by atoms with Crippen molar-refractivity contribution < 1.29 is 13.6 Å². The van der Waals surface area contributed by atoms with Gasteiger partial charge >= 0.3 is 0 Å². The number of nitrogens with zero attached hydrogens (tertiary/aromatic N) is 3. The summed E-state index contributed by atoms with van der Waals surface area (Å²) in [6.45, 7) is 3.82. The van der Waals surface area contributed by atoms with Gasteiger partial charge in [0, 0.05) is 0 Å². The van der Waals surface area contributed by atoms with E-state index in [1.165, 1.54) is 28.4 Å². The van der Waals surface area contributed by atoms with E-state index in [0.29, 0.717) is 28.1 Å². The first-order chi connectivity index (χ1) is 14.5. The maximum absolute atomic E-state index is 14.1. The molecule has 150 valence electrons. The van der Waals surface area contributed by atoms with Gasteiger partial charge < -0.3 is 4.42 Å². The highest BCUT2D eigenvalue weighted by molar-refractivity contribution is 7.15. The number of rotatable bonds is 3. The van der Waals surface area contributed by atoms with Gasteiger partial charge in [0.1, 0.15) is 16.4 Å². The smallest absolute Gasteiger partial charge is 0.297 e. The fourth-order valence-electron chi connectivity index (χ4n) is 3.76. The lowest BCUT2D eigenvalue weighted by Crippen LogP contribution is -2.29. The summed E-state index contributed by atoms with van der Waals surface area (Å²) in [5.74, 6) is -0.989. The van der Waals surface area contributed by atoms with Crippen LogP contribution in [0.15, 0.2) is 51.7 Å². The molecule has 6 nitrogen and oxygen atoms in total. The minimum atomic E-state index is -0.845. The average Bonchev–Trinajstić information content (AvgIpc) is 3.31. The van der Waals surface area contributed by atoms with E-state index in [2.05, 4.69) is 10.2 Å². The molecule has 4 aromatic rings. The van der Waals surface area contributed by atoms with E-state index in [0.717, 1.165) is 10.6 Å². The number of fused-ring (bicyclic) bond motifs is 2. The number of hydrogen-bond donors (Lipinski definition) is 0. The molecule has 0 saturated carbocycles. The van der Waals surface area contributed by atoms with Crippen molar-refractivity contribution in [2.24, 2.45) is 0 Å². The van der Waals surface area contributed by atoms with E-state index >= 15 is 0 Å². The molecular formula is C22H16FN3O3S. The van der Waals surface area contributed by atoms with Crippen molar-refractivity contribution in [3.8, 4) is 0 Å². The van der Waals surface area contributed by atoms with E-state index in [1.54, 1.807) is 24.3 Å². The van der Waals surface area contributed by atoms with Gasteiger partial charge in [-0.25, -0.2) is 4.39 Å². The number of carbonyl (C=O) groups is 1. The van der Waals surface area contributed by atoms with Crippen molar-refractivity contribution in [2.45, 2.75) is 26.3 Å². The number of anilines is 1. The molecule has 0 spiro atoms. The van der Waals surface area contributed by atoms with Crippen molar-refractivity contribution in [2.75, 3.05) is 4.90 Å². The van der Waals surface area contributed by atoms with Crippen LogP contribution in [0.3, 0.4) is 0 Å². The van der Waals surface area contributed by atoms with Crippen LogP contribution in [0.1, 0.15) is 45.2 Å². The van der Waals surface area contributed by atoms with Gasteiger partial charge in [0.15, 0.2) is 5.43 Å². The van der Waals surface area contributed by atoms with Crippen molar-refractivity contribution in [1.29, 1.82) is 0 Å². The number of halogens is 1. The molecule has 3 heterocycles. The Bertz CT molecular complexity index is 1380. The van der Waals surface area contributed by atoms with E-state index < -0.39 is 17.8 Å². The summed E-state index contributed by atoms with van der Waals surface area (Å²) in [5.41, 5.74) is 1.59. The van der Waals surface area contributed by atoms with Crippen LogP contribution in [0.2, 0.25) is 0 Å². The normalized spacial score (nSPS) is 15.8. The number of carbonyl (C=O) groups excluding carboxylic acids is 1. The van der Waals surface area contributed by atoms with E-state index in [9.17, 15) is 14.0 Å². The zero-order chi connectivity index (χ0) is 21.0. The highest BCUT2D eigenvalue weighted by Crippen LogP contribution is 2.42.